The highest BCUT2D eigenvalue weighted by molar-refractivity contribution is 7.10. The fraction of sp³-hybridized carbons (Fsp3) is 0.556. The highest BCUT2D eigenvalue weighted by atomic mass is 32.1. The Labute approximate surface area is 71.7 Å². The molecule has 1 aliphatic heterocycles. The molecule has 1 nitrogen and oxygen atoms in total. The first-order valence-electron chi connectivity index (χ1n) is 4.03. The number of thiophene rings is 1. The maximum absolute atomic E-state index is 2.42. The Kier molecular flexibility index (Phi) is 1.74. The van der Waals surface area contributed by atoms with Gasteiger partial charge in [-0.1, -0.05) is 0 Å². The molecule has 0 saturated heterocycles. The molecule has 0 fully saturated rings. The third-order valence-corrected chi connectivity index (χ3v) is 3.45. The molecule has 0 N–H and O–H groups in total. The van der Waals surface area contributed by atoms with E-state index in [-0.39, 0.29) is 0 Å². The van der Waals surface area contributed by atoms with Crippen molar-refractivity contribution < 1.29 is 0 Å². The van der Waals surface area contributed by atoms with Crippen molar-refractivity contribution in [2.75, 3.05) is 7.05 Å². The Hall–Kier alpha value is -0.340. The summed E-state index contributed by atoms with van der Waals surface area (Å²) in [5.74, 6) is 0. The zero-order chi connectivity index (χ0) is 7.84. The first-order valence-corrected chi connectivity index (χ1v) is 4.91. The Balaban J connectivity index is 2.30. The summed E-state index contributed by atoms with van der Waals surface area (Å²) in [5.41, 5.74) is 1.57. The predicted molar refractivity (Wildman–Crippen MR) is 49.0 cm³/mol. The summed E-state index contributed by atoms with van der Waals surface area (Å²) in [6, 6.07) is 2.99. The maximum atomic E-state index is 2.42. The number of fused-ring (bicyclic) bond motifs is 1. The molecule has 2 heterocycles. The van der Waals surface area contributed by atoms with Crippen molar-refractivity contribution in [1.82, 2.24) is 4.90 Å². The standard InChI is InChI=1S/C9H13NS/c1-7-5-8-3-4-11-9(8)6-10(7)2/h3-4,7H,5-6H2,1-2H3. The van der Waals surface area contributed by atoms with Crippen LogP contribution in [0.2, 0.25) is 0 Å². The minimum absolute atomic E-state index is 0.720. The minimum atomic E-state index is 0.720. The van der Waals surface area contributed by atoms with E-state index in [1.54, 1.807) is 10.4 Å². The van der Waals surface area contributed by atoms with Crippen LogP contribution in [0.5, 0.6) is 0 Å². The van der Waals surface area contributed by atoms with E-state index < -0.39 is 0 Å². The van der Waals surface area contributed by atoms with E-state index in [1.165, 1.54) is 6.42 Å². The van der Waals surface area contributed by atoms with Gasteiger partial charge in [-0.3, -0.25) is 4.90 Å². The van der Waals surface area contributed by atoms with Crippen LogP contribution in [0.25, 0.3) is 0 Å². The lowest BCUT2D eigenvalue weighted by molar-refractivity contribution is 0.234. The third kappa shape index (κ3) is 1.21. The van der Waals surface area contributed by atoms with E-state index >= 15 is 0 Å². The number of nitrogens with zero attached hydrogens (tertiary/aromatic N) is 1. The lowest BCUT2D eigenvalue weighted by Crippen LogP contribution is -2.34. The first kappa shape index (κ1) is 7.32. The van der Waals surface area contributed by atoms with E-state index in [9.17, 15) is 0 Å². The summed E-state index contributed by atoms with van der Waals surface area (Å²) >= 11 is 1.89. The van der Waals surface area contributed by atoms with Crippen molar-refractivity contribution in [1.29, 1.82) is 0 Å². The highest BCUT2D eigenvalue weighted by Crippen LogP contribution is 2.26. The number of rotatable bonds is 0. The van der Waals surface area contributed by atoms with E-state index in [4.69, 9.17) is 0 Å². The van der Waals surface area contributed by atoms with Crippen LogP contribution in [-0.4, -0.2) is 18.0 Å². The van der Waals surface area contributed by atoms with Gasteiger partial charge in [0, 0.05) is 17.5 Å². The monoisotopic (exact) mass is 167 g/mol. The molecule has 60 valence electrons. The molecular weight excluding hydrogens is 154 g/mol. The molecule has 0 radical (unpaired) electrons. The minimum Gasteiger partial charge on any atom is -0.298 e. The van der Waals surface area contributed by atoms with Gasteiger partial charge in [0.25, 0.3) is 0 Å². The summed E-state index contributed by atoms with van der Waals surface area (Å²) in [6.45, 7) is 3.44. The Morgan fingerprint density at radius 1 is 1.64 bits per heavy atom. The molecule has 1 aromatic rings. The van der Waals surface area contributed by atoms with Gasteiger partial charge in [0.1, 0.15) is 0 Å². The smallest absolute Gasteiger partial charge is 0.0330 e. The van der Waals surface area contributed by atoms with E-state index in [0.717, 1.165) is 12.6 Å². The average molecular weight is 167 g/mol. The van der Waals surface area contributed by atoms with Crippen molar-refractivity contribution in [3.8, 4) is 0 Å². The van der Waals surface area contributed by atoms with Crippen molar-refractivity contribution in [2.24, 2.45) is 0 Å². The molecule has 1 aromatic heterocycles. The first-order chi connectivity index (χ1) is 5.27. The van der Waals surface area contributed by atoms with E-state index in [1.807, 2.05) is 11.3 Å². The van der Waals surface area contributed by atoms with Gasteiger partial charge >= 0.3 is 0 Å². The average Bonchev–Trinajstić information content (AvgIpc) is 2.36. The van der Waals surface area contributed by atoms with Crippen LogP contribution >= 0.6 is 11.3 Å². The quantitative estimate of drug-likeness (QED) is 0.572. The van der Waals surface area contributed by atoms with Crippen LogP contribution in [0.1, 0.15) is 17.4 Å². The molecule has 0 spiro atoms. The van der Waals surface area contributed by atoms with Gasteiger partial charge in [-0.2, -0.15) is 0 Å². The molecule has 0 aromatic carbocycles. The topological polar surface area (TPSA) is 3.24 Å². The number of likely N-dealkylation sites (N-methyl/N-ethyl adjacent to an activating group) is 1. The van der Waals surface area contributed by atoms with Crippen LogP contribution in [0.15, 0.2) is 11.4 Å². The second-order valence-corrected chi connectivity index (χ2v) is 4.34. The zero-order valence-electron chi connectivity index (χ0n) is 7.00. The second kappa shape index (κ2) is 2.61. The molecule has 1 atom stereocenters. The molecule has 1 aliphatic rings. The summed E-state index contributed by atoms with van der Waals surface area (Å²) < 4.78 is 0. The SMILES string of the molecule is CC1Cc2ccsc2CN1C. The number of hydrogen-bond acceptors (Lipinski definition) is 2. The van der Waals surface area contributed by atoms with Gasteiger partial charge in [-0.25, -0.2) is 0 Å². The second-order valence-electron chi connectivity index (χ2n) is 3.34. The van der Waals surface area contributed by atoms with Gasteiger partial charge in [-0.05, 0) is 37.4 Å². The Morgan fingerprint density at radius 3 is 3.27 bits per heavy atom. The van der Waals surface area contributed by atoms with E-state index in [2.05, 4.69) is 30.3 Å². The van der Waals surface area contributed by atoms with Crippen LogP contribution in [0, 0.1) is 0 Å². The van der Waals surface area contributed by atoms with Gasteiger partial charge in [0.15, 0.2) is 0 Å². The van der Waals surface area contributed by atoms with Crippen LogP contribution in [0.3, 0.4) is 0 Å². The molecule has 0 amide bonds. The Morgan fingerprint density at radius 2 is 2.45 bits per heavy atom. The van der Waals surface area contributed by atoms with Crippen LogP contribution in [-0.2, 0) is 13.0 Å². The molecule has 2 rings (SSSR count). The lowest BCUT2D eigenvalue weighted by atomic mass is 10.0. The van der Waals surface area contributed by atoms with Crippen molar-refractivity contribution in [2.45, 2.75) is 25.9 Å². The normalized spacial score (nSPS) is 25.1. The molecular formula is C9H13NS. The van der Waals surface area contributed by atoms with Crippen LogP contribution in [0.4, 0.5) is 0 Å². The predicted octanol–water partition coefficient (Wildman–Crippen LogP) is 2.12. The van der Waals surface area contributed by atoms with Gasteiger partial charge < -0.3 is 0 Å². The van der Waals surface area contributed by atoms with Gasteiger partial charge in [0.05, 0.1) is 0 Å². The van der Waals surface area contributed by atoms with Crippen molar-refractivity contribution in [3.05, 3.63) is 21.9 Å². The largest absolute Gasteiger partial charge is 0.298 e. The molecule has 2 heteroatoms. The van der Waals surface area contributed by atoms with Crippen molar-refractivity contribution >= 4 is 11.3 Å². The zero-order valence-corrected chi connectivity index (χ0v) is 7.82. The third-order valence-electron chi connectivity index (χ3n) is 2.50. The van der Waals surface area contributed by atoms with Gasteiger partial charge in [-0.15, -0.1) is 11.3 Å². The van der Waals surface area contributed by atoms with Crippen LogP contribution < -0.4 is 0 Å². The molecule has 11 heavy (non-hydrogen) atoms. The summed E-state index contributed by atoms with van der Waals surface area (Å²) in [4.78, 5) is 3.98. The van der Waals surface area contributed by atoms with Crippen molar-refractivity contribution in [3.63, 3.8) is 0 Å². The maximum Gasteiger partial charge on any atom is 0.0330 e. The molecule has 0 saturated carbocycles. The van der Waals surface area contributed by atoms with Gasteiger partial charge in [0.2, 0.25) is 0 Å². The molecule has 0 aliphatic carbocycles. The lowest BCUT2D eigenvalue weighted by Gasteiger charge is -2.29. The fourth-order valence-electron chi connectivity index (χ4n) is 1.54. The summed E-state index contributed by atoms with van der Waals surface area (Å²) in [5, 5.41) is 2.20. The highest BCUT2D eigenvalue weighted by Gasteiger charge is 2.19. The fourth-order valence-corrected chi connectivity index (χ4v) is 2.52. The Bertz CT molecular complexity index is 229. The molecule has 0 bridgehead atoms. The summed E-state index contributed by atoms with van der Waals surface area (Å²) in [7, 11) is 2.20. The van der Waals surface area contributed by atoms with E-state index in [0.29, 0.717) is 0 Å². The molecule has 1 unspecified atom stereocenters. The summed E-state index contributed by atoms with van der Waals surface area (Å²) in [6.07, 6.45) is 1.23. The number of hydrogen-bond donors (Lipinski definition) is 0.